The van der Waals surface area contributed by atoms with E-state index in [4.69, 9.17) is 0 Å². The second kappa shape index (κ2) is 5.41. The average molecular weight is 266 g/mol. The summed E-state index contributed by atoms with van der Waals surface area (Å²) in [6.45, 7) is 5.67. The van der Waals surface area contributed by atoms with E-state index < -0.39 is 5.97 Å². The van der Waals surface area contributed by atoms with Crippen LogP contribution in [0.25, 0.3) is 0 Å². The van der Waals surface area contributed by atoms with Gasteiger partial charge in [-0.05, 0) is 64.1 Å². The number of nitrogens with zero attached hydrogens (tertiary/aromatic N) is 2. The maximum absolute atomic E-state index is 11.3. The Morgan fingerprint density at radius 1 is 1.05 bits per heavy atom. The lowest BCUT2D eigenvalue weighted by molar-refractivity contribution is -0.143. The molecule has 0 aromatic carbocycles. The number of hydrogen-bond donors (Lipinski definition) is 1. The first-order chi connectivity index (χ1) is 9.15. The zero-order valence-corrected chi connectivity index (χ0v) is 11.9. The lowest BCUT2D eigenvalue weighted by Gasteiger charge is -2.46. The Labute approximate surface area is 115 Å². The minimum atomic E-state index is -0.618. The largest absolute Gasteiger partial charge is 0.480 e. The van der Waals surface area contributed by atoms with Crippen LogP contribution in [0.15, 0.2) is 0 Å². The Hall–Kier alpha value is -0.610. The van der Waals surface area contributed by atoms with E-state index in [2.05, 4.69) is 16.7 Å². The van der Waals surface area contributed by atoms with Gasteiger partial charge in [0, 0.05) is 12.1 Å². The van der Waals surface area contributed by atoms with Crippen molar-refractivity contribution in [1.82, 2.24) is 9.80 Å². The fraction of sp³-hybridized carbons (Fsp3) is 0.933. The van der Waals surface area contributed by atoms with Gasteiger partial charge >= 0.3 is 5.97 Å². The normalized spacial score (nSPS) is 38.3. The Morgan fingerprint density at radius 3 is 2.32 bits per heavy atom. The highest BCUT2D eigenvalue weighted by Gasteiger charge is 2.38. The molecule has 0 amide bonds. The van der Waals surface area contributed by atoms with Crippen molar-refractivity contribution in [1.29, 1.82) is 0 Å². The zero-order chi connectivity index (χ0) is 13.4. The molecule has 2 saturated heterocycles. The molecule has 0 aromatic heterocycles. The van der Waals surface area contributed by atoms with Gasteiger partial charge in [0.15, 0.2) is 0 Å². The van der Waals surface area contributed by atoms with Gasteiger partial charge in [0.1, 0.15) is 6.04 Å². The molecule has 0 spiro atoms. The van der Waals surface area contributed by atoms with Crippen molar-refractivity contribution in [3.05, 3.63) is 0 Å². The van der Waals surface area contributed by atoms with Crippen LogP contribution in [-0.4, -0.2) is 58.6 Å². The monoisotopic (exact) mass is 266 g/mol. The number of aliphatic carboxylic acids is 1. The molecule has 108 valence electrons. The summed E-state index contributed by atoms with van der Waals surface area (Å²) in [4.78, 5) is 16.2. The van der Waals surface area contributed by atoms with Crippen LogP contribution in [0.3, 0.4) is 0 Å². The SMILES string of the molecule is CC1CC(N2CCC(N3CCCC3C(=O)O)CC2)C1. The van der Waals surface area contributed by atoms with Crippen molar-refractivity contribution >= 4 is 5.97 Å². The summed E-state index contributed by atoms with van der Waals surface area (Å²) in [6.07, 6.45) is 6.95. The third-order valence-corrected chi connectivity index (χ3v) is 5.41. The molecular formula is C15H26N2O2. The minimum absolute atomic E-state index is 0.208. The summed E-state index contributed by atoms with van der Waals surface area (Å²) in [5.41, 5.74) is 0. The molecule has 1 saturated carbocycles. The molecule has 2 aliphatic heterocycles. The lowest BCUT2D eigenvalue weighted by atomic mass is 9.80. The Morgan fingerprint density at radius 2 is 1.74 bits per heavy atom. The zero-order valence-electron chi connectivity index (χ0n) is 11.9. The highest BCUT2D eigenvalue weighted by atomic mass is 16.4. The van der Waals surface area contributed by atoms with Crippen molar-refractivity contribution < 1.29 is 9.90 Å². The number of hydrogen-bond acceptors (Lipinski definition) is 3. The average Bonchev–Trinajstić information content (AvgIpc) is 2.84. The van der Waals surface area contributed by atoms with Gasteiger partial charge in [0.25, 0.3) is 0 Å². The van der Waals surface area contributed by atoms with E-state index in [1.165, 1.54) is 25.9 Å². The molecule has 2 heterocycles. The second-order valence-corrected chi connectivity index (χ2v) is 6.73. The molecule has 4 nitrogen and oxygen atoms in total. The Kier molecular flexibility index (Phi) is 3.81. The minimum Gasteiger partial charge on any atom is -0.480 e. The van der Waals surface area contributed by atoms with Crippen LogP contribution in [0.2, 0.25) is 0 Å². The van der Waals surface area contributed by atoms with Crippen LogP contribution in [0.5, 0.6) is 0 Å². The van der Waals surface area contributed by atoms with Crippen molar-refractivity contribution in [2.24, 2.45) is 5.92 Å². The van der Waals surface area contributed by atoms with Crippen LogP contribution in [0, 0.1) is 5.92 Å². The molecule has 0 radical (unpaired) electrons. The third-order valence-electron chi connectivity index (χ3n) is 5.41. The van der Waals surface area contributed by atoms with Crippen molar-refractivity contribution in [3.63, 3.8) is 0 Å². The number of rotatable bonds is 3. The maximum atomic E-state index is 11.3. The number of carboxylic acid groups (broad SMARTS) is 1. The van der Waals surface area contributed by atoms with E-state index in [1.54, 1.807) is 0 Å². The summed E-state index contributed by atoms with van der Waals surface area (Å²) in [6, 6.07) is 1.13. The quantitative estimate of drug-likeness (QED) is 0.846. The van der Waals surface area contributed by atoms with Gasteiger partial charge in [0.05, 0.1) is 0 Å². The molecule has 3 fully saturated rings. The van der Waals surface area contributed by atoms with Gasteiger partial charge in [-0.2, -0.15) is 0 Å². The van der Waals surface area contributed by atoms with Gasteiger partial charge in [-0.3, -0.25) is 9.69 Å². The van der Waals surface area contributed by atoms with Crippen LogP contribution < -0.4 is 0 Å². The molecule has 1 atom stereocenters. The first kappa shape index (κ1) is 13.4. The smallest absolute Gasteiger partial charge is 0.320 e. The standard InChI is InChI=1S/C15H26N2O2/c1-11-9-13(10-11)16-7-4-12(5-8-16)17-6-2-3-14(17)15(18)19/h11-14H,2-10H2,1H3,(H,18,19). The molecule has 4 heteroatoms. The summed E-state index contributed by atoms with van der Waals surface area (Å²) in [5.74, 6) is 0.297. The van der Waals surface area contributed by atoms with E-state index >= 15 is 0 Å². The maximum Gasteiger partial charge on any atom is 0.320 e. The van der Waals surface area contributed by atoms with Crippen molar-refractivity contribution in [2.45, 2.75) is 63.6 Å². The Balaban J connectivity index is 1.51. The molecular weight excluding hydrogens is 240 g/mol. The van der Waals surface area contributed by atoms with Crippen molar-refractivity contribution in [3.8, 4) is 0 Å². The fourth-order valence-corrected chi connectivity index (χ4v) is 4.23. The van der Waals surface area contributed by atoms with E-state index in [0.717, 1.165) is 44.2 Å². The third kappa shape index (κ3) is 2.65. The Bertz CT molecular complexity index is 333. The molecule has 3 rings (SSSR count). The number of likely N-dealkylation sites (tertiary alicyclic amines) is 2. The highest BCUT2D eigenvalue weighted by Crippen LogP contribution is 2.34. The van der Waals surface area contributed by atoms with E-state index in [1.807, 2.05) is 0 Å². The molecule has 0 bridgehead atoms. The van der Waals surface area contributed by atoms with Crippen LogP contribution in [-0.2, 0) is 4.79 Å². The highest BCUT2D eigenvalue weighted by molar-refractivity contribution is 5.73. The summed E-state index contributed by atoms with van der Waals surface area (Å²) < 4.78 is 0. The van der Waals surface area contributed by atoms with Crippen LogP contribution in [0.1, 0.15) is 45.4 Å². The molecule has 1 N–H and O–H groups in total. The predicted octanol–water partition coefficient (Wildman–Crippen LogP) is 1.80. The van der Waals surface area contributed by atoms with Crippen molar-refractivity contribution in [2.75, 3.05) is 19.6 Å². The van der Waals surface area contributed by atoms with E-state index in [0.29, 0.717) is 6.04 Å². The molecule has 3 aliphatic rings. The van der Waals surface area contributed by atoms with Gasteiger partial charge < -0.3 is 10.0 Å². The molecule has 0 aromatic rings. The number of carboxylic acids is 1. The van der Waals surface area contributed by atoms with Gasteiger partial charge in [-0.15, -0.1) is 0 Å². The first-order valence-corrected chi connectivity index (χ1v) is 7.87. The van der Waals surface area contributed by atoms with Gasteiger partial charge in [-0.25, -0.2) is 0 Å². The number of carbonyl (C=O) groups is 1. The molecule has 1 unspecified atom stereocenters. The second-order valence-electron chi connectivity index (χ2n) is 6.73. The molecule has 19 heavy (non-hydrogen) atoms. The summed E-state index contributed by atoms with van der Waals surface area (Å²) >= 11 is 0. The fourth-order valence-electron chi connectivity index (χ4n) is 4.23. The number of piperidine rings is 1. The van der Waals surface area contributed by atoms with E-state index in [9.17, 15) is 9.90 Å². The van der Waals surface area contributed by atoms with Crippen LogP contribution in [0.4, 0.5) is 0 Å². The van der Waals surface area contributed by atoms with Crippen LogP contribution >= 0.6 is 0 Å². The predicted molar refractivity (Wildman–Crippen MR) is 74.1 cm³/mol. The molecule has 1 aliphatic carbocycles. The topological polar surface area (TPSA) is 43.8 Å². The van der Waals surface area contributed by atoms with Gasteiger partial charge in [-0.1, -0.05) is 6.92 Å². The lowest BCUT2D eigenvalue weighted by Crippen LogP contribution is -2.53. The first-order valence-electron chi connectivity index (χ1n) is 7.87. The van der Waals surface area contributed by atoms with E-state index in [-0.39, 0.29) is 6.04 Å². The van der Waals surface area contributed by atoms with Gasteiger partial charge in [0.2, 0.25) is 0 Å². The summed E-state index contributed by atoms with van der Waals surface area (Å²) in [7, 11) is 0. The summed E-state index contributed by atoms with van der Waals surface area (Å²) in [5, 5.41) is 9.28.